The Morgan fingerprint density at radius 2 is 2.00 bits per heavy atom. The average molecular weight is 264 g/mol. The Hall–Kier alpha value is -2.14. The fraction of sp³-hybridized carbons (Fsp3) is 0.0833. The van der Waals surface area contributed by atoms with Gasteiger partial charge in [0.1, 0.15) is 11.8 Å². The van der Waals surface area contributed by atoms with E-state index in [4.69, 9.17) is 16.3 Å². The van der Waals surface area contributed by atoms with Crippen molar-refractivity contribution >= 4 is 23.5 Å². The summed E-state index contributed by atoms with van der Waals surface area (Å²) in [7, 11) is 0. The number of aromatic nitrogens is 2. The fourth-order valence-corrected chi connectivity index (χ4v) is 1.34. The minimum atomic E-state index is -0.588. The molecule has 5 nitrogen and oxygen atoms in total. The van der Waals surface area contributed by atoms with Crippen molar-refractivity contribution in [3.63, 3.8) is 0 Å². The second kappa shape index (κ2) is 5.97. The lowest BCUT2D eigenvalue weighted by Gasteiger charge is -2.05. The molecule has 2 aromatic rings. The molecule has 0 saturated carbocycles. The molecule has 0 fully saturated rings. The molecule has 0 spiro atoms. The van der Waals surface area contributed by atoms with E-state index in [1.165, 1.54) is 12.4 Å². The van der Waals surface area contributed by atoms with Gasteiger partial charge in [-0.3, -0.25) is 5.32 Å². The van der Waals surface area contributed by atoms with Crippen molar-refractivity contribution in [3.8, 4) is 0 Å². The van der Waals surface area contributed by atoms with Crippen LogP contribution in [0.3, 0.4) is 0 Å². The number of hydrogen-bond acceptors (Lipinski definition) is 4. The molecule has 1 aromatic heterocycles. The molecule has 6 heteroatoms. The van der Waals surface area contributed by atoms with Crippen molar-refractivity contribution in [1.29, 1.82) is 0 Å². The molecule has 1 N–H and O–H groups in total. The molecular formula is C12H10ClN3O2. The summed E-state index contributed by atoms with van der Waals surface area (Å²) in [4.78, 5) is 19.1. The maximum atomic E-state index is 11.4. The number of carbonyl (C=O) groups is 1. The minimum absolute atomic E-state index is 0.202. The first-order valence-electron chi connectivity index (χ1n) is 5.19. The van der Waals surface area contributed by atoms with Crippen LogP contribution >= 0.6 is 11.6 Å². The number of anilines is 1. The third-order valence-corrected chi connectivity index (χ3v) is 2.26. The van der Waals surface area contributed by atoms with Gasteiger partial charge in [-0.15, -0.1) is 0 Å². The molecule has 0 aliphatic carbocycles. The summed E-state index contributed by atoms with van der Waals surface area (Å²) in [6.07, 6.45) is 2.11. The van der Waals surface area contributed by atoms with Crippen LogP contribution in [0.5, 0.6) is 0 Å². The second-order valence-corrected chi connectivity index (χ2v) is 3.80. The number of nitrogens with one attached hydrogen (secondary N) is 1. The minimum Gasteiger partial charge on any atom is -0.444 e. The number of rotatable bonds is 3. The monoisotopic (exact) mass is 263 g/mol. The summed E-state index contributed by atoms with van der Waals surface area (Å²) in [6, 6.07) is 9.39. The van der Waals surface area contributed by atoms with E-state index < -0.39 is 6.09 Å². The van der Waals surface area contributed by atoms with Crippen LogP contribution in [0.25, 0.3) is 0 Å². The van der Waals surface area contributed by atoms with Gasteiger partial charge < -0.3 is 4.74 Å². The zero-order chi connectivity index (χ0) is 12.8. The van der Waals surface area contributed by atoms with E-state index in [2.05, 4.69) is 15.3 Å². The van der Waals surface area contributed by atoms with Gasteiger partial charge in [-0.25, -0.2) is 14.8 Å². The molecule has 0 atom stereocenters. The highest BCUT2D eigenvalue weighted by molar-refractivity contribution is 6.29. The number of benzene rings is 1. The lowest BCUT2D eigenvalue weighted by Crippen LogP contribution is -2.14. The van der Waals surface area contributed by atoms with Crippen molar-refractivity contribution < 1.29 is 9.53 Å². The lowest BCUT2D eigenvalue weighted by molar-refractivity contribution is 0.155. The maximum Gasteiger partial charge on any atom is 0.413 e. The van der Waals surface area contributed by atoms with Crippen LogP contribution in [-0.2, 0) is 11.3 Å². The smallest absolute Gasteiger partial charge is 0.413 e. The normalized spacial score (nSPS) is 9.83. The number of hydrogen-bond donors (Lipinski definition) is 1. The molecule has 1 heterocycles. The number of nitrogens with zero attached hydrogens (tertiary/aromatic N) is 2. The van der Waals surface area contributed by atoms with Gasteiger partial charge in [0.15, 0.2) is 5.82 Å². The van der Waals surface area contributed by atoms with Crippen molar-refractivity contribution in [1.82, 2.24) is 9.97 Å². The van der Waals surface area contributed by atoms with Crippen LogP contribution in [0.2, 0.25) is 5.15 Å². The summed E-state index contributed by atoms with van der Waals surface area (Å²) >= 11 is 5.57. The van der Waals surface area contributed by atoms with Gasteiger partial charge in [-0.1, -0.05) is 41.9 Å². The van der Waals surface area contributed by atoms with Gasteiger partial charge in [0, 0.05) is 0 Å². The van der Waals surface area contributed by atoms with Gasteiger partial charge in [0.05, 0.1) is 12.4 Å². The molecule has 1 amide bonds. The topological polar surface area (TPSA) is 64.1 Å². The predicted molar refractivity (Wildman–Crippen MR) is 67.3 cm³/mol. The van der Waals surface area contributed by atoms with E-state index in [1.54, 1.807) is 0 Å². The van der Waals surface area contributed by atoms with E-state index in [9.17, 15) is 4.79 Å². The zero-order valence-corrected chi connectivity index (χ0v) is 10.1. The Morgan fingerprint density at radius 1 is 1.22 bits per heavy atom. The van der Waals surface area contributed by atoms with Crippen LogP contribution in [0.4, 0.5) is 10.6 Å². The predicted octanol–water partition coefficient (Wildman–Crippen LogP) is 2.88. The Kier molecular flexibility index (Phi) is 4.09. The molecule has 0 saturated heterocycles. The molecule has 0 bridgehead atoms. The van der Waals surface area contributed by atoms with Crippen LogP contribution in [0, 0.1) is 0 Å². The van der Waals surface area contributed by atoms with E-state index in [-0.39, 0.29) is 17.6 Å². The summed E-state index contributed by atoms with van der Waals surface area (Å²) in [5.74, 6) is 0.289. The van der Waals surface area contributed by atoms with Crippen molar-refractivity contribution in [2.45, 2.75) is 6.61 Å². The van der Waals surface area contributed by atoms with Gasteiger partial charge in [-0.05, 0) is 5.56 Å². The van der Waals surface area contributed by atoms with Gasteiger partial charge in [0.2, 0.25) is 0 Å². The Labute approximate surface area is 109 Å². The molecule has 0 aliphatic heterocycles. The number of carbonyl (C=O) groups excluding carboxylic acids is 1. The standard InChI is InChI=1S/C12H10ClN3O2/c13-10-6-15-11(7-14-10)16-12(17)18-8-9-4-2-1-3-5-9/h1-7H,8H2,(H,15,16,17). The Balaban J connectivity index is 1.84. The van der Waals surface area contributed by atoms with Crippen molar-refractivity contribution in [2.75, 3.05) is 5.32 Å². The van der Waals surface area contributed by atoms with Crippen molar-refractivity contribution in [2.24, 2.45) is 0 Å². The van der Waals surface area contributed by atoms with Crippen LogP contribution in [0.1, 0.15) is 5.56 Å². The SMILES string of the molecule is O=C(Nc1cnc(Cl)cn1)OCc1ccccc1. The highest BCUT2D eigenvalue weighted by Crippen LogP contribution is 2.06. The summed E-state index contributed by atoms with van der Waals surface area (Å²) in [6.45, 7) is 0.202. The molecule has 1 aromatic carbocycles. The molecule has 0 unspecified atom stereocenters. The number of amides is 1. The van der Waals surface area contributed by atoms with Gasteiger partial charge >= 0.3 is 6.09 Å². The van der Waals surface area contributed by atoms with E-state index in [0.717, 1.165) is 5.56 Å². The molecule has 0 radical (unpaired) electrons. The first kappa shape index (κ1) is 12.3. The fourth-order valence-electron chi connectivity index (χ4n) is 1.24. The Bertz CT molecular complexity index is 517. The van der Waals surface area contributed by atoms with Crippen LogP contribution in [0.15, 0.2) is 42.7 Å². The highest BCUT2D eigenvalue weighted by Gasteiger charge is 2.04. The highest BCUT2D eigenvalue weighted by atomic mass is 35.5. The third kappa shape index (κ3) is 3.71. The number of halogens is 1. The molecule has 18 heavy (non-hydrogen) atoms. The van der Waals surface area contributed by atoms with Crippen LogP contribution in [-0.4, -0.2) is 16.1 Å². The summed E-state index contributed by atoms with van der Waals surface area (Å²) < 4.78 is 5.01. The first-order valence-corrected chi connectivity index (χ1v) is 5.57. The number of ether oxygens (including phenoxy) is 1. The molecule has 0 aliphatic rings. The summed E-state index contributed by atoms with van der Waals surface area (Å²) in [5.41, 5.74) is 0.912. The van der Waals surface area contributed by atoms with E-state index in [1.807, 2.05) is 30.3 Å². The molecule has 92 valence electrons. The third-order valence-electron chi connectivity index (χ3n) is 2.06. The van der Waals surface area contributed by atoms with Crippen LogP contribution < -0.4 is 5.32 Å². The van der Waals surface area contributed by atoms with Gasteiger partial charge in [0.25, 0.3) is 0 Å². The first-order chi connectivity index (χ1) is 8.74. The maximum absolute atomic E-state index is 11.4. The second-order valence-electron chi connectivity index (χ2n) is 3.41. The zero-order valence-electron chi connectivity index (χ0n) is 9.34. The largest absolute Gasteiger partial charge is 0.444 e. The van der Waals surface area contributed by atoms with Crippen molar-refractivity contribution in [3.05, 3.63) is 53.4 Å². The Morgan fingerprint density at radius 3 is 2.67 bits per heavy atom. The van der Waals surface area contributed by atoms with E-state index in [0.29, 0.717) is 0 Å². The molecular weight excluding hydrogens is 254 g/mol. The van der Waals surface area contributed by atoms with Gasteiger partial charge in [-0.2, -0.15) is 0 Å². The quantitative estimate of drug-likeness (QED) is 0.925. The van der Waals surface area contributed by atoms with E-state index >= 15 is 0 Å². The summed E-state index contributed by atoms with van der Waals surface area (Å²) in [5, 5.41) is 2.71. The molecule has 2 rings (SSSR count). The lowest BCUT2D eigenvalue weighted by atomic mass is 10.2. The average Bonchev–Trinajstić information content (AvgIpc) is 2.40.